The minimum Gasteiger partial charge on any atom is -0.370 e. The maximum atomic E-state index is 6.37. The molecule has 0 N–H and O–H groups in total. The number of hydrogen-bond acceptors (Lipinski definition) is 1. The number of anilines is 1. The number of rotatable bonds is 3. The van der Waals surface area contributed by atoms with Crippen molar-refractivity contribution in [3.8, 4) is 0 Å². The summed E-state index contributed by atoms with van der Waals surface area (Å²) in [6, 6.07) is 6.19. The average molecular weight is 317 g/mol. The number of alkyl halides is 1. The van der Waals surface area contributed by atoms with Gasteiger partial charge in [-0.05, 0) is 30.4 Å². The standard InChI is InChI=1S/C14H19BrClN/c1-2-11-5-4-8-17(10-11)14-12(9-15)6-3-7-13(14)16/h3,6-7,11H,2,4-5,8-10H2,1H3. The van der Waals surface area contributed by atoms with Crippen LogP contribution in [0.15, 0.2) is 18.2 Å². The number of piperidine rings is 1. The molecule has 94 valence electrons. The van der Waals surface area contributed by atoms with Gasteiger partial charge in [0.2, 0.25) is 0 Å². The second kappa shape index (κ2) is 6.10. The molecule has 3 heteroatoms. The lowest BCUT2D eigenvalue weighted by atomic mass is 9.95. The molecule has 2 rings (SSSR count). The molecule has 0 aromatic heterocycles. The monoisotopic (exact) mass is 315 g/mol. The molecule has 0 amide bonds. The Morgan fingerprint density at radius 3 is 3.00 bits per heavy atom. The lowest BCUT2D eigenvalue weighted by Gasteiger charge is -2.35. The van der Waals surface area contributed by atoms with Crippen molar-refractivity contribution in [3.05, 3.63) is 28.8 Å². The second-order valence-corrected chi connectivity index (χ2v) is 5.71. The van der Waals surface area contributed by atoms with Crippen LogP contribution in [0.3, 0.4) is 0 Å². The van der Waals surface area contributed by atoms with E-state index in [4.69, 9.17) is 11.6 Å². The molecule has 1 aliphatic heterocycles. The van der Waals surface area contributed by atoms with E-state index in [0.29, 0.717) is 0 Å². The lowest BCUT2D eigenvalue weighted by Crippen LogP contribution is -2.35. The molecule has 1 aromatic rings. The van der Waals surface area contributed by atoms with Crippen molar-refractivity contribution in [3.63, 3.8) is 0 Å². The summed E-state index contributed by atoms with van der Waals surface area (Å²) in [6.45, 7) is 4.58. The van der Waals surface area contributed by atoms with Crippen molar-refractivity contribution in [1.82, 2.24) is 0 Å². The zero-order chi connectivity index (χ0) is 12.3. The van der Waals surface area contributed by atoms with Crippen molar-refractivity contribution in [1.29, 1.82) is 0 Å². The van der Waals surface area contributed by atoms with Crippen molar-refractivity contribution < 1.29 is 0 Å². The highest BCUT2D eigenvalue weighted by Gasteiger charge is 2.21. The summed E-state index contributed by atoms with van der Waals surface area (Å²) in [5, 5.41) is 1.76. The molecule has 1 unspecified atom stereocenters. The number of para-hydroxylation sites is 1. The SMILES string of the molecule is CCC1CCCN(c2c(Cl)cccc2CBr)C1. The molecule has 0 radical (unpaired) electrons. The second-order valence-electron chi connectivity index (χ2n) is 4.74. The van der Waals surface area contributed by atoms with E-state index in [2.05, 4.69) is 33.8 Å². The maximum absolute atomic E-state index is 6.37. The van der Waals surface area contributed by atoms with Gasteiger partial charge < -0.3 is 4.90 Å². The van der Waals surface area contributed by atoms with Crippen LogP contribution in [0.25, 0.3) is 0 Å². The number of halogens is 2. The summed E-state index contributed by atoms with van der Waals surface area (Å²) in [6.07, 6.45) is 3.91. The summed E-state index contributed by atoms with van der Waals surface area (Å²) < 4.78 is 0. The fraction of sp³-hybridized carbons (Fsp3) is 0.571. The molecule has 1 saturated heterocycles. The van der Waals surface area contributed by atoms with Gasteiger partial charge >= 0.3 is 0 Å². The average Bonchev–Trinajstić information content (AvgIpc) is 2.38. The molecule has 0 bridgehead atoms. The van der Waals surface area contributed by atoms with E-state index in [1.165, 1.54) is 30.5 Å². The minimum absolute atomic E-state index is 0.822. The Hall–Kier alpha value is -0.210. The third-order valence-corrected chi connectivity index (χ3v) is 4.54. The molecular weight excluding hydrogens is 298 g/mol. The fourth-order valence-electron chi connectivity index (χ4n) is 2.62. The van der Waals surface area contributed by atoms with Crippen LogP contribution in [0.5, 0.6) is 0 Å². The van der Waals surface area contributed by atoms with E-state index in [1.54, 1.807) is 0 Å². The molecule has 1 fully saturated rings. The van der Waals surface area contributed by atoms with E-state index in [9.17, 15) is 0 Å². The van der Waals surface area contributed by atoms with Gasteiger partial charge in [0.1, 0.15) is 0 Å². The van der Waals surface area contributed by atoms with Gasteiger partial charge in [0, 0.05) is 18.4 Å². The van der Waals surface area contributed by atoms with Crippen molar-refractivity contribution in [2.75, 3.05) is 18.0 Å². The minimum atomic E-state index is 0.822. The smallest absolute Gasteiger partial charge is 0.0642 e. The Bertz CT molecular complexity index is 380. The van der Waals surface area contributed by atoms with Crippen LogP contribution in [0.2, 0.25) is 5.02 Å². The molecule has 1 heterocycles. The number of hydrogen-bond donors (Lipinski definition) is 0. The molecule has 1 atom stereocenters. The Morgan fingerprint density at radius 1 is 1.47 bits per heavy atom. The Balaban J connectivity index is 2.26. The normalized spacial score (nSPS) is 20.6. The third kappa shape index (κ3) is 2.97. The Kier molecular flexibility index (Phi) is 4.75. The first-order valence-electron chi connectivity index (χ1n) is 6.34. The molecule has 0 spiro atoms. The Morgan fingerprint density at radius 2 is 2.29 bits per heavy atom. The predicted octanol–water partition coefficient (Wildman–Crippen LogP) is 4.86. The zero-order valence-electron chi connectivity index (χ0n) is 10.3. The lowest BCUT2D eigenvalue weighted by molar-refractivity contribution is 0.404. The van der Waals surface area contributed by atoms with Crippen LogP contribution < -0.4 is 4.90 Å². The first-order valence-corrected chi connectivity index (χ1v) is 7.84. The summed E-state index contributed by atoms with van der Waals surface area (Å²) in [7, 11) is 0. The molecular formula is C14H19BrClN. The van der Waals surface area contributed by atoms with E-state index in [1.807, 2.05) is 12.1 Å². The molecule has 0 aliphatic carbocycles. The number of nitrogens with zero attached hydrogens (tertiary/aromatic N) is 1. The highest BCUT2D eigenvalue weighted by atomic mass is 79.9. The topological polar surface area (TPSA) is 3.24 Å². The van der Waals surface area contributed by atoms with Gasteiger partial charge in [-0.15, -0.1) is 0 Å². The van der Waals surface area contributed by atoms with Gasteiger partial charge in [-0.3, -0.25) is 0 Å². The van der Waals surface area contributed by atoms with E-state index in [-0.39, 0.29) is 0 Å². The molecule has 1 aliphatic rings. The first kappa shape index (κ1) is 13.2. The summed E-state index contributed by atoms with van der Waals surface area (Å²) >= 11 is 9.93. The summed E-state index contributed by atoms with van der Waals surface area (Å²) in [4.78, 5) is 2.47. The van der Waals surface area contributed by atoms with Crippen LogP contribution >= 0.6 is 27.5 Å². The van der Waals surface area contributed by atoms with Gasteiger partial charge in [0.05, 0.1) is 10.7 Å². The van der Waals surface area contributed by atoms with Gasteiger partial charge in [-0.2, -0.15) is 0 Å². The van der Waals surface area contributed by atoms with Crippen molar-refractivity contribution >= 4 is 33.2 Å². The third-order valence-electron chi connectivity index (χ3n) is 3.63. The van der Waals surface area contributed by atoms with E-state index in [0.717, 1.165) is 29.4 Å². The molecule has 0 saturated carbocycles. The van der Waals surface area contributed by atoms with Crippen LogP contribution in [0, 0.1) is 5.92 Å². The van der Waals surface area contributed by atoms with E-state index < -0.39 is 0 Å². The summed E-state index contributed by atoms with van der Waals surface area (Å²) in [5.41, 5.74) is 2.54. The molecule has 1 nitrogen and oxygen atoms in total. The predicted molar refractivity (Wildman–Crippen MR) is 79.3 cm³/mol. The zero-order valence-corrected chi connectivity index (χ0v) is 12.6. The fourth-order valence-corrected chi connectivity index (χ4v) is 3.39. The van der Waals surface area contributed by atoms with Crippen LogP contribution in [-0.2, 0) is 5.33 Å². The highest BCUT2D eigenvalue weighted by Crippen LogP contribution is 2.34. The molecule has 17 heavy (non-hydrogen) atoms. The molecule has 1 aromatic carbocycles. The maximum Gasteiger partial charge on any atom is 0.0642 e. The quantitative estimate of drug-likeness (QED) is 0.720. The van der Waals surface area contributed by atoms with E-state index >= 15 is 0 Å². The Labute approximate surface area is 117 Å². The largest absolute Gasteiger partial charge is 0.370 e. The van der Waals surface area contributed by atoms with Crippen LogP contribution in [0.4, 0.5) is 5.69 Å². The van der Waals surface area contributed by atoms with Gasteiger partial charge in [0.15, 0.2) is 0 Å². The highest BCUT2D eigenvalue weighted by molar-refractivity contribution is 9.08. The van der Waals surface area contributed by atoms with Gasteiger partial charge in [-0.25, -0.2) is 0 Å². The van der Waals surface area contributed by atoms with Gasteiger partial charge in [-0.1, -0.05) is 53.0 Å². The van der Waals surface area contributed by atoms with Gasteiger partial charge in [0.25, 0.3) is 0 Å². The van der Waals surface area contributed by atoms with Crippen LogP contribution in [-0.4, -0.2) is 13.1 Å². The summed E-state index contributed by atoms with van der Waals surface area (Å²) in [5.74, 6) is 0.822. The number of benzene rings is 1. The van der Waals surface area contributed by atoms with Crippen molar-refractivity contribution in [2.45, 2.75) is 31.5 Å². The van der Waals surface area contributed by atoms with Crippen molar-refractivity contribution in [2.24, 2.45) is 5.92 Å². The first-order chi connectivity index (χ1) is 8.26. The van der Waals surface area contributed by atoms with Crippen LogP contribution in [0.1, 0.15) is 31.7 Å².